The minimum absolute atomic E-state index is 0.246. The highest BCUT2D eigenvalue weighted by Crippen LogP contribution is 2.28. The number of hydrogen-bond acceptors (Lipinski definition) is 4. The number of rotatable bonds is 4. The number of anilines is 1. The molecule has 0 atom stereocenters. The fourth-order valence-corrected chi connectivity index (χ4v) is 4.53. The van der Waals surface area contributed by atoms with Gasteiger partial charge in [-0.25, -0.2) is 8.42 Å². The lowest BCUT2D eigenvalue weighted by Gasteiger charge is -2.26. The number of hydrogen-bond donors (Lipinski definition) is 1. The van der Waals surface area contributed by atoms with Gasteiger partial charge in [-0.15, -0.1) is 0 Å². The second kappa shape index (κ2) is 6.26. The Hall–Kier alpha value is -0.890. The molecule has 0 saturated heterocycles. The molecule has 1 heterocycles. The van der Waals surface area contributed by atoms with E-state index in [0.717, 1.165) is 5.57 Å². The number of nitrogen functional groups attached to an aromatic ring is 1. The van der Waals surface area contributed by atoms with Crippen LogP contribution in [0.2, 0.25) is 0 Å². The summed E-state index contributed by atoms with van der Waals surface area (Å²) >= 11 is 3.27. The van der Waals surface area contributed by atoms with Crippen LogP contribution in [0.5, 0.6) is 0 Å². The summed E-state index contributed by atoms with van der Waals surface area (Å²) in [5.41, 5.74) is 7.30. The predicted octanol–water partition coefficient (Wildman–Crippen LogP) is 2.00. The van der Waals surface area contributed by atoms with Crippen LogP contribution >= 0.6 is 15.9 Å². The third kappa shape index (κ3) is 3.22. The Kier molecular flexibility index (Phi) is 4.85. The van der Waals surface area contributed by atoms with Gasteiger partial charge in [-0.2, -0.15) is 4.31 Å². The zero-order chi connectivity index (χ0) is 14.8. The average molecular weight is 361 g/mol. The van der Waals surface area contributed by atoms with Gasteiger partial charge in [0, 0.05) is 30.4 Å². The first-order valence-electron chi connectivity index (χ1n) is 6.17. The van der Waals surface area contributed by atoms with Gasteiger partial charge in [-0.3, -0.25) is 0 Å². The van der Waals surface area contributed by atoms with Gasteiger partial charge in [0.05, 0.1) is 11.5 Å². The number of nitrogens with two attached hydrogens (primary N) is 1. The number of sulfonamides is 1. The Morgan fingerprint density at radius 2 is 2.20 bits per heavy atom. The van der Waals surface area contributed by atoms with Crippen molar-refractivity contribution in [1.82, 2.24) is 4.31 Å². The van der Waals surface area contributed by atoms with E-state index in [0.29, 0.717) is 36.3 Å². The van der Waals surface area contributed by atoms with Gasteiger partial charge < -0.3 is 10.5 Å². The second-order valence-electron chi connectivity index (χ2n) is 4.60. The number of ether oxygens (including phenoxy) is 1. The predicted molar refractivity (Wildman–Crippen MR) is 81.9 cm³/mol. The van der Waals surface area contributed by atoms with Crippen molar-refractivity contribution >= 4 is 31.6 Å². The minimum Gasteiger partial charge on any atom is -0.399 e. The zero-order valence-corrected chi connectivity index (χ0v) is 13.6. The van der Waals surface area contributed by atoms with Crippen molar-refractivity contribution < 1.29 is 13.2 Å². The van der Waals surface area contributed by atoms with Crippen LogP contribution in [0, 0.1) is 0 Å². The molecule has 0 amide bonds. The molecule has 0 aromatic heterocycles. The Labute approximate surface area is 127 Å². The number of methoxy groups -OCH3 is 1. The second-order valence-corrected chi connectivity index (χ2v) is 7.36. The molecule has 20 heavy (non-hydrogen) atoms. The van der Waals surface area contributed by atoms with E-state index < -0.39 is 10.0 Å². The molecule has 0 unspecified atom stereocenters. The summed E-state index contributed by atoms with van der Waals surface area (Å²) in [5, 5.41) is 0. The largest absolute Gasteiger partial charge is 0.399 e. The third-order valence-electron chi connectivity index (χ3n) is 3.17. The average Bonchev–Trinajstić information content (AvgIpc) is 2.39. The first-order valence-corrected chi connectivity index (χ1v) is 8.40. The molecule has 0 bridgehead atoms. The zero-order valence-electron chi connectivity index (χ0n) is 11.2. The Balaban J connectivity index is 2.24. The maximum absolute atomic E-state index is 12.6. The molecule has 1 aliphatic rings. The van der Waals surface area contributed by atoms with E-state index in [1.165, 1.54) is 10.4 Å². The van der Waals surface area contributed by atoms with Gasteiger partial charge in [0.15, 0.2) is 0 Å². The topological polar surface area (TPSA) is 72.6 Å². The van der Waals surface area contributed by atoms with Crippen LogP contribution in [-0.4, -0.2) is 39.5 Å². The van der Waals surface area contributed by atoms with Crippen molar-refractivity contribution in [1.29, 1.82) is 0 Å². The van der Waals surface area contributed by atoms with Crippen molar-refractivity contribution in [3.8, 4) is 0 Å². The highest BCUT2D eigenvalue weighted by atomic mass is 79.9. The van der Waals surface area contributed by atoms with Gasteiger partial charge in [0.1, 0.15) is 0 Å². The van der Waals surface area contributed by atoms with Crippen molar-refractivity contribution in [3.63, 3.8) is 0 Å². The smallest absolute Gasteiger partial charge is 0.244 e. The van der Waals surface area contributed by atoms with Gasteiger partial charge in [0.25, 0.3) is 0 Å². The molecule has 1 aliphatic heterocycles. The summed E-state index contributed by atoms with van der Waals surface area (Å²) in [6, 6.07) is 4.72. The summed E-state index contributed by atoms with van der Waals surface area (Å²) in [4.78, 5) is 0.246. The fourth-order valence-electron chi connectivity index (χ4n) is 2.09. The lowest BCUT2D eigenvalue weighted by Crippen LogP contribution is -2.35. The summed E-state index contributed by atoms with van der Waals surface area (Å²) in [6.07, 6.45) is 2.61. The highest BCUT2D eigenvalue weighted by molar-refractivity contribution is 9.10. The summed E-state index contributed by atoms with van der Waals surface area (Å²) in [5.74, 6) is 0. The first-order chi connectivity index (χ1) is 9.45. The van der Waals surface area contributed by atoms with Crippen molar-refractivity contribution in [2.75, 3.05) is 32.5 Å². The Bertz CT molecular complexity index is 629. The monoisotopic (exact) mass is 360 g/mol. The van der Waals surface area contributed by atoms with Crippen LogP contribution in [0.15, 0.2) is 39.2 Å². The molecule has 2 N–H and O–H groups in total. The van der Waals surface area contributed by atoms with Crippen molar-refractivity contribution in [2.24, 2.45) is 0 Å². The van der Waals surface area contributed by atoms with Gasteiger partial charge in [-0.1, -0.05) is 6.08 Å². The quantitative estimate of drug-likeness (QED) is 0.658. The van der Waals surface area contributed by atoms with Crippen LogP contribution in [0.25, 0.3) is 0 Å². The summed E-state index contributed by atoms with van der Waals surface area (Å²) < 4.78 is 32.2. The minimum atomic E-state index is -3.50. The summed E-state index contributed by atoms with van der Waals surface area (Å²) in [7, 11) is -1.87. The van der Waals surface area contributed by atoms with Crippen LogP contribution in [-0.2, 0) is 14.8 Å². The molecule has 0 radical (unpaired) electrons. The van der Waals surface area contributed by atoms with Crippen molar-refractivity contribution in [3.05, 3.63) is 34.3 Å². The molecule has 1 aromatic rings. The number of benzene rings is 1. The van der Waals surface area contributed by atoms with E-state index in [1.807, 2.05) is 6.08 Å². The fraction of sp³-hybridized carbons (Fsp3) is 0.385. The lowest BCUT2D eigenvalue weighted by molar-refractivity contribution is 0.219. The molecule has 5 nitrogen and oxygen atoms in total. The standard InChI is InChI=1S/C13H17BrN2O3S/c1-19-9-10-4-6-16(7-5-10)20(17,18)13-3-2-11(15)8-12(13)14/h2-4,8H,5-7,9,15H2,1H3. The Morgan fingerprint density at radius 1 is 1.45 bits per heavy atom. The van der Waals surface area contributed by atoms with E-state index in [4.69, 9.17) is 10.5 Å². The Morgan fingerprint density at radius 3 is 2.75 bits per heavy atom. The van der Waals surface area contributed by atoms with Gasteiger partial charge in [-0.05, 0) is 46.1 Å². The molecule has 2 rings (SSSR count). The molecule has 7 heteroatoms. The molecule has 1 aromatic carbocycles. The molecule has 110 valence electrons. The SMILES string of the molecule is COCC1=CCN(S(=O)(=O)c2ccc(N)cc2Br)CC1. The van der Waals surface area contributed by atoms with Gasteiger partial charge >= 0.3 is 0 Å². The molecule has 0 fully saturated rings. The van der Waals surface area contributed by atoms with E-state index in [1.54, 1.807) is 19.2 Å². The van der Waals surface area contributed by atoms with Crippen LogP contribution in [0.3, 0.4) is 0 Å². The molecule has 0 saturated carbocycles. The van der Waals surface area contributed by atoms with E-state index in [2.05, 4.69) is 15.9 Å². The molecule has 0 aliphatic carbocycles. The van der Waals surface area contributed by atoms with E-state index in [9.17, 15) is 8.42 Å². The third-order valence-corrected chi connectivity index (χ3v) is 6.01. The molecule has 0 spiro atoms. The number of nitrogens with zero attached hydrogens (tertiary/aromatic N) is 1. The molecular weight excluding hydrogens is 344 g/mol. The molecular formula is C13H17BrN2O3S. The summed E-state index contributed by atoms with van der Waals surface area (Å²) in [6.45, 7) is 1.39. The van der Waals surface area contributed by atoms with Crippen LogP contribution in [0.1, 0.15) is 6.42 Å². The van der Waals surface area contributed by atoms with Gasteiger partial charge in [0.2, 0.25) is 10.0 Å². The highest BCUT2D eigenvalue weighted by Gasteiger charge is 2.27. The van der Waals surface area contributed by atoms with Crippen LogP contribution in [0.4, 0.5) is 5.69 Å². The van der Waals surface area contributed by atoms with E-state index >= 15 is 0 Å². The maximum Gasteiger partial charge on any atom is 0.244 e. The van der Waals surface area contributed by atoms with Crippen LogP contribution < -0.4 is 5.73 Å². The first kappa shape index (κ1) is 15.5. The maximum atomic E-state index is 12.6. The lowest BCUT2D eigenvalue weighted by atomic mass is 10.1. The normalized spacial score (nSPS) is 17.0. The van der Waals surface area contributed by atoms with Crippen molar-refractivity contribution in [2.45, 2.75) is 11.3 Å². The number of halogens is 1. The van der Waals surface area contributed by atoms with E-state index in [-0.39, 0.29) is 4.90 Å².